The zero-order valence-electron chi connectivity index (χ0n) is 14.5. The van der Waals surface area contributed by atoms with Gasteiger partial charge in [-0.2, -0.15) is 0 Å². The summed E-state index contributed by atoms with van der Waals surface area (Å²) in [5.74, 6) is -0.0938. The van der Waals surface area contributed by atoms with Crippen molar-refractivity contribution in [1.29, 1.82) is 5.41 Å². The maximum Gasteiger partial charge on any atom is 0.161 e. The number of ketones is 1. The van der Waals surface area contributed by atoms with Crippen LogP contribution in [0.25, 0.3) is 0 Å². The van der Waals surface area contributed by atoms with Crippen molar-refractivity contribution in [2.45, 2.75) is 6.42 Å². The molecule has 0 fully saturated rings. The Morgan fingerprint density at radius 3 is 2.35 bits per heavy atom. The van der Waals surface area contributed by atoms with Crippen LogP contribution >= 0.6 is 0 Å². The van der Waals surface area contributed by atoms with Crippen molar-refractivity contribution in [2.24, 2.45) is 4.99 Å². The Labute approximate surface area is 152 Å². The van der Waals surface area contributed by atoms with Crippen LogP contribution in [0.4, 0.5) is 11.4 Å². The second-order valence-electron chi connectivity index (χ2n) is 6.10. The highest BCUT2D eigenvalue weighted by atomic mass is 16.5. The molecule has 1 aromatic rings. The fraction of sp³-hybridized carbons (Fsp3) is 0.389. The van der Waals surface area contributed by atoms with Crippen LogP contribution in [-0.2, 0) is 4.79 Å². The molecule has 8 nitrogen and oxygen atoms in total. The number of quaternary nitrogens is 1. The number of hydroxylamine groups is 3. The van der Waals surface area contributed by atoms with Gasteiger partial charge in [-0.05, 0) is 36.4 Å². The van der Waals surface area contributed by atoms with E-state index in [4.69, 9.17) is 15.6 Å². The molecule has 1 aliphatic carbocycles. The van der Waals surface area contributed by atoms with Gasteiger partial charge in [-0.25, -0.2) is 4.99 Å². The van der Waals surface area contributed by atoms with Crippen molar-refractivity contribution in [3.63, 3.8) is 0 Å². The Kier molecular flexibility index (Phi) is 7.16. The summed E-state index contributed by atoms with van der Waals surface area (Å²) < 4.78 is -0.640. The summed E-state index contributed by atoms with van der Waals surface area (Å²) in [6, 6.07) is 7.21. The second kappa shape index (κ2) is 9.35. The summed E-state index contributed by atoms with van der Waals surface area (Å²) >= 11 is 0. The predicted molar refractivity (Wildman–Crippen MR) is 101 cm³/mol. The average molecular weight is 360 g/mol. The van der Waals surface area contributed by atoms with Crippen molar-refractivity contribution in [2.75, 3.05) is 44.7 Å². The third-order valence-electron chi connectivity index (χ3n) is 4.07. The number of hydrogen-bond acceptors (Lipinski definition) is 7. The van der Waals surface area contributed by atoms with Crippen molar-refractivity contribution in [1.82, 2.24) is 0 Å². The van der Waals surface area contributed by atoms with Crippen molar-refractivity contribution in [3.05, 3.63) is 41.6 Å². The van der Waals surface area contributed by atoms with Gasteiger partial charge in [0.25, 0.3) is 0 Å². The Morgan fingerprint density at radius 2 is 1.77 bits per heavy atom. The van der Waals surface area contributed by atoms with Crippen LogP contribution < -0.4 is 5.32 Å². The minimum absolute atomic E-state index is 0.0562. The maximum atomic E-state index is 12.3. The Bertz CT molecular complexity index is 692. The molecule has 0 saturated heterocycles. The molecule has 0 bridgehead atoms. The van der Waals surface area contributed by atoms with E-state index in [2.05, 4.69) is 10.3 Å². The fourth-order valence-electron chi connectivity index (χ4n) is 2.60. The number of anilines is 1. The third-order valence-corrected chi connectivity index (χ3v) is 4.07. The fourth-order valence-corrected chi connectivity index (χ4v) is 2.60. The van der Waals surface area contributed by atoms with Crippen molar-refractivity contribution < 1.29 is 19.7 Å². The lowest BCUT2D eigenvalue weighted by Crippen LogP contribution is -2.49. The Balaban J connectivity index is 1.92. The molecule has 0 spiro atoms. The molecule has 1 aliphatic rings. The van der Waals surface area contributed by atoms with Gasteiger partial charge in [-0.1, -0.05) is 0 Å². The standard InChI is InChI=1S/C18H24N4O4/c19-17-13-16(25)5-6-18(17)21-15-3-1-14(2-4-15)20-7-8-22(26,9-11-23)10-12-24/h1-6,19-20,23-24H,7-13H2. The summed E-state index contributed by atoms with van der Waals surface area (Å²) in [6.45, 7) is 0.330. The van der Waals surface area contributed by atoms with E-state index in [-0.39, 0.29) is 50.8 Å². The summed E-state index contributed by atoms with van der Waals surface area (Å²) in [5, 5.41) is 41.2. The quantitative estimate of drug-likeness (QED) is 0.386. The summed E-state index contributed by atoms with van der Waals surface area (Å²) in [6.07, 6.45) is 3.05. The first-order valence-electron chi connectivity index (χ1n) is 8.46. The van der Waals surface area contributed by atoms with Gasteiger partial charge in [0.15, 0.2) is 5.78 Å². The number of benzene rings is 1. The molecule has 4 N–H and O–H groups in total. The van der Waals surface area contributed by atoms with Crippen LogP contribution in [-0.4, -0.2) is 71.5 Å². The van der Waals surface area contributed by atoms with E-state index in [9.17, 15) is 10.0 Å². The van der Waals surface area contributed by atoms with Gasteiger partial charge in [0, 0.05) is 5.69 Å². The summed E-state index contributed by atoms with van der Waals surface area (Å²) in [7, 11) is 0. The molecular formula is C18H24N4O4. The lowest BCUT2D eigenvalue weighted by Gasteiger charge is -2.42. The molecule has 0 aromatic heterocycles. The number of aliphatic hydroxyl groups excluding tert-OH is 2. The molecule has 0 atom stereocenters. The molecule has 0 unspecified atom stereocenters. The van der Waals surface area contributed by atoms with Crippen LogP contribution in [0.1, 0.15) is 6.42 Å². The second-order valence-corrected chi connectivity index (χ2v) is 6.10. The van der Waals surface area contributed by atoms with Crippen molar-refractivity contribution in [3.8, 4) is 0 Å². The molecule has 0 saturated carbocycles. The molecule has 26 heavy (non-hydrogen) atoms. The van der Waals surface area contributed by atoms with Gasteiger partial charge in [-0.3, -0.25) is 4.79 Å². The lowest BCUT2D eigenvalue weighted by atomic mass is 10.0. The van der Waals surface area contributed by atoms with E-state index in [0.29, 0.717) is 17.9 Å². The number of rotatable bonds is 9. The highest BCUT2D eigenvalue weighted by Crippen LogP contribution is 2.18. The molecule has 0 amide bonds. The molecule has 0 aliphatic heterocycles. The number of allylic oxidation sites excluding steroid dienone is 2. The largest absolute Gasteiger partial charge is 0.633 e. The summed E-state index contributed by atoms with van der Waals surface area (Å²) in [4.78, 5) is 15.6. The van der Waals surface area contributed by atoms with E-state index in [1.54, 1.807) is 18.2 Å². The lowest BCUT2D eigenvalue weighted by molar-refractivity contribution is -0.879. The van der Waals surface area contributed by atoms with Crippen molar-refractivity contribution >= 4 is 28.6 Å². The molecule has 2 rings (SSSR count). The molecule has 140 valence electrons. The maximum absolute atomic E-state index is 12.3. The number of carbonyl (C=O) groups excluding carboxylic acids is 1. The van der Waals surface area contributed by atoms with E-state index < -0.39 is 4.65 Å². The molecule has 8 heteroatoms. The minimum atomic E-state index is -0.640. The number of nitrogens with zero attached hydrogens (tertiary/aromatic N) is 2. The minimum Gasteiger partial charge on any atom is -0.633 e. The van der Waals surface area contributed by atoms with Gasteiger partial charge in [-0.15, -0.1) is 0 Å². The van der Waals surface area contributed by atoms with E-state index in [1.165, 1.54) is 6.08 Å². The highest BCUT2D eigenvalue weighted by Gasteiger charge is 2.15. The van der Waals surface area contributed by atoms with Gasteiger partial charge in [0.2, 0.25) is 0 Å². The normalized spacial score (nSPS) is 16.3. The van der Waals surface area contributed by atoms with Gasteiger partial charge in [0.1, 0.15) is 13.1 Å². The highest BCUT2D eigenvalue weighted by molar-refractivity contribution is 6.50. The monoisotopic (exact) mass is 360 g/mol. The number of carbonyl (C=O) groups is 1. The molecular weight excluding hydrogens is 336 g/mol. The topological polar surface area (TPSA) is 129 Å². The molecule has 0 heterocycles. The Hall–Kier alpha value is -2.39. The third kappa shape index (κ3) is 5.85. The SMILES string of the molecule is N=C1CC(=O)C=CC1=Nc1ccc(NCC[N+]([O-])(CCO)CCO)cc1. The van der Waals surface area contributed by atoms with Gasteiger partial charge >= 0.3 is 0 Å². The van der Waals surface area contributed by atoms with Crippen LogP contribution in [0, 0.1) is 10.6 Å². The number of nitrogens with one attached hydrogen (secondary N) is 2. The number of hydrogen-bond donors (Lipinski definition) is 4. The van der Waals surface area contributed by atoms with Crippen LogP contribution in [0.5, 0.6) is 0 Å². The van der Waals surface area contributed by atoms with Crippen LogP contribution in [0.15, 0.2) is 41.4 Å². The van der Waals surface area contributed by atoms with E-state index >= 15 is 0 Å². The predicted octanol–water partition coefficient (Wildman–Crippen LogP) is 1.02. The van der Waals surface area contributed by atoms with Crippen LogP contribution in [0.2, 0.25) is 0 Å². The molecule has 1 aromatic carbocycles. The van der Waals surface area contributed by atoms with Gasteiger partial charge < -0.3 is 30.8 Å². The zero-order chi connectivity index (χ0) is 19.0. The first-order chi connectivity index (χ1) is 12.5. The van der Waals surface area contributed by atoms with E-state index in [0.717, 1.165) is 5.69 Å². The Morgan fingerprint density at radius 1 is 1.12 bits per heavy atom. The number of aliphatic imine (C=N–C) groups is 1. The summed E-state index contributed by atoms with van der Waals surface area (Å²) in [5.41, 5.74) is 2.17. The smallest absolute Gasteiger partial charge is 0.161 e. The van der Waals surface area contributed by atoms with Crippen LogP contribution in [0.3, 0.4) is 0 Å². The molecule has 0 radical (unpaired) electrons. The average Bonchev–Trinajstić information content (AvgIpc) is 2.59. The first-order valence-corrected chi connectivity index (χ1v) is 8.46. The number of aliphatic hydroxyl groups is 2. The first kappa shape index (κ1) is 19.9. The zero-order valence-corrected chi connectivity index (χ0v) is 14.5. The van der Waals surface area contributed by atoms with E-state index in [1.807, 2.05) is 12.1 Å². The van der Waals surface area contributed by atoms with Gasteiger partial charge in [0.05, 0.1) is 49.8 Å².